The van der Waals surface area contributed by atoms with Crippen molar-refractivity contribution in [2.24, 2.45) is 5.92 Å². The highest BCUT2D eigenvalue weighted by Crippen LogP contribution is 2.17. The van der Waals surface area contributed by atoms with Crippen molar-refractivity contribution in [3.63, 3.8) is 0 Å². The summed E-state index contributed by atoms with van der Waals surface area (Å²) in [6.45, 7) is 7.57. The molecule has 0 aliphatic heterocycles. The van der Waals surface area contributed by atoms with Crippen LogP contribution < -0.4 is 0 Å². The van der Waals surface area contributed by atoms with Gasteiger partial charge in [-0.3, -0.25) is 4.79 Å². The lowest BCUT2D eigenvalue weighted by molar-refractivity contribution is -0.143. The Labute approximate surface area is 323 Å². The summed E-state index contributed by atoms with van der Waals surface area (Å²) in [6.07, 6.45) is 60.6. The molecule has 0 atom stereocenters. The summed E-state index contributed by atoms with van der Waals surface area (Å²) in [5, 5.41) is 0. The Bertz CT molecular complexity index is 667. The molecule has 0 fully saturated rings. The molecule has 0 aromatic heterocycles. The van der Waals surface area contributed by atoms with E-state index in [2.05, 4.69) is 32.9 Å². The van der Waals surface area contributed by atoms with Gasteiger partial charge in [0, 0.05) is 6.42 Å². The lowest BCUT2D eigenvalue weighted by Crippen LogP contribution is -2.05. The predicted molar refractivity (Wildman–Crippen MR) is 230 cm³/mol. The number of hydrogen-bond acceptors (Lipinski definition) is 2. The van der Waals surface area contributed by atoms with Crippen LogP contribution in [0.3, 0.4) is 0 Å². The molecule has 0 radical (unpaired) electrons. The largest absolute Gasteiger partial charge is 0.466 e. The number of allylic oxidation sites excluding steroid dienone is 2. The van der Waals surface area contributed by atoms with E-state index in [4.69, 9.17) is 4.74 Å². The van der Waals surface area contributed by atoms with E-state index in [1.54, 1.807) is 0 Å². The number of rotatable bonds is 44. The summed E-state index contributed by atoms with van der Waals surface area (Å²) in [4.78, 5) is 11.9. The van der Waals surface area contributed by atoms with Gasteiger partial charge in [-0.25, -0.2) is 0 Å². The number of unbranched alkanes of at least 4 members (excludes halogenated alkanes) is 36. The van der Waals surface area contributed by atoms with Gasteiger partial charge in [-0.2, -0.15) is 0 Å². The van der Waals surface area contributed by atoms with E-state index >= 15 is 0 Å². The van der Waals surface area contributed by atoms with Crippen LogP contribution in [0.25, 0.3) is 0 Å². The first kappa shape index (κ1) is 50.2. The van der Waals surface area contributed by atoms with Gasteiger partial charge in [0.2, 0.25) is 0 Å². The van der Waals surface area contributed by atoms with Gasteiger partial charge in [-0.15, -0.1) is 0 Å². The predicted octanol–water partition coefficient (Wildman–Crippen LogP) is 17.8. The molecule has 51 heavy (non-hydrogen) atoms. The third kappa shape index (κ3) is 47.2. The Kier molecular flexibility index (Phi) is 44.7. The molecule has 0 aromatic carbocycles. The van der Waals surface area contributed by atoms with Crippen LogP contribution in [0.2, 0.25) is 0 Å². The summed E-state index contributed by atoms with van der Waals surface area (Å²) in [5.74, 6) is 0.907. The first-order valence-electron chi connectivity index (χ1n) is 24.0. The summed E-state index contributed by atoms with van der Waals surface area (Å²) in [6, 6.07) is 0. The standard InChI is InChI=1S/C49H96O2/c1-4-5-6-7-8-9-30-34-37-40-43-46-49(50)51-47-44-41-38-35-32-29-27-25-23-21-19-17-15-13-11-10-12-14-16-18-20-22-24-26-28-31-33-36-39-42-45-48(2)3/h7-8,48H,4-6,9-47H2,1-3H3/b8-7-. The van der Waals surface area contributed by atoms with E-state index in [0.717, 1.165) is 25.2 Å². The molecular weight excluding hydrogens is 621 g/mol. The molecule has 2 nitrogen and oxygen atoms in total. The number of carbonyl (C=O) groups is 1. The molecule has 0 unspecified atom stereocenters. The number of carbonyl (C=O) groups excluding carboxylic acids is 1. The van der Waals surface area contributed by atoms with Crippen molar-refractivity contribution in [2.45, 2.75) is 284 Å². The number of hydrogen-bond donors (Lipinski definition) is 0. The molecule has 0 amide bonds. The van der Waals surface area contributed by atoms with Gasteiger partial charge in [-0.1, -0.05) is 258 Å². The van der Waals surface area contributed by atoms with Crippen molar-refractivity contribution >= 4 is 5.97 Å². The highest BCUT2D eigenvalue weighted by atomic mass is 16.5. The second-order valence-electron chi connectivity index (χ2n) is 16.9. The minimum absolute atomic E-state index is 0.0180. The zero-order chi connectivity index (χ0) is 37.0. The van der Waals surface area contributed by atoms with Crippen molar-refractivity contribution in [3.05, 3.63) is 12.2 Å². The van der Waals surface area contributed by atoms with Crippen molar-refractivity contribution in [2.75, 3.05) is 6.61 Å². The summed E-state index contributed by atoms with van der Waals surface area (Å²) >= 11 is 0. The van der Waals surface area contributed by atoms with Crippen molar-refractivity contribution in [1.29, 1.82) is 0 Å². The normalized spacial score (nSPS) is 11.8. The number of ether oxygens (including phenoxy) is 1. The van der Waals surface area contributed by atoms with E-state index in [0.29, 0.717) is 13.0 Å². The van der Waals surface area contributed by atoms with E-state index in [1.165, 1.54) is 238 Å². The van der Waals surface area contributed by atoms with Gasteiger partial charge >= 0.3 is 5.97 Å². The molecule has 0 bridgehead atoms. The summed E-state index contributed by atoms with van der Waals surface area (Å²) in [5.41, 5.74) is 0. The van der Waals surface area contributed by atoms with Gasteiger partial charge < -0.3 is 4.74 Å². The molecule has 0 aliphatic rings. The summed E-state index contributed by atoms with van der Waals surface area (Å²) in [7, 11) is 0. The molecule has 0 saturated carbocycles. The van der Waals surface area contributed by atoms with Crippen molar-refractivity contribution < 1.29 is 9.53 Å². The van der Waals surface area contributed by atoms with E-state index in [9.17, 15) is 4.79 Å². The van der Waals surface area contributed by atoms with Crippen LogP contribution in [-0.4, -0.2) is 12.6 Å². The first-order valence-corrected chi connectivity index (χ1v) is 24.0. The lowest BCUT2D eigenvalue weighted by Gasteiger charge is -2.06. The van der Waals surface area contributed by atoms with Gasteiger partial charge in [0.25, 0.3) is 0 Å². The molecule has 0 spiro atoms. The fraction of sp³-hybridized carbons (Fsp3) is 0.939. The minimum Gasteiger partial charge on any atom is -0.466 e. The Morgan fingerprint density at radius 3 is 1.04 bits per heavy atom. The van der Waals surface area contributed by atoms with Gasteiger partial charge in [0.1, 0.15) is 0 Å². The topological polar surface area (TPSA) is 26.3 Å². The second kappa shape index (κ2) is 45.4. The zero-order valence-corrected chi connectivity index (χ0v) is 35.7. The molecule has 2 heteroatoms. The smallest absolute Gasteiger partial charge is 0.305 e. The zero-order valence-electron chi connectivity index (χ0n) is 35.7. The quantitative estimate of drug-likeness (QED) is 0.0356. The molecule has 0 aromatic rings. The molecule has 304 valence electrons. The van der Waals surface area contributed by atoms with Gasteiger partial charge in [-0.05, 0) is 38.0 Å². The van der Waals surface area contributed by atoms with E-state index in [-0.39, 0.29) is 5.97 Å². The minimum atomic E-state index is 0.0180. The summed E-state index contributed by atoms with van der Waals surface area (Å²) < 4.78 is 5.45. The molecule has 0 aliphatic carbocycles. The average Bonchev–Trinajstić information content (AvgIpc) is 3.12. The maximum Gasteiger partial charge on any atom is 0.305 e. The highest BCUT2D eigenvalue weighted by molar-refractivity contribution is 5.69. The van der Waals surface area contributed by atoms with Crippen LogP contribution in [-0.2, 0) is 9.53 Å². The first-order chi connectivity index (χ1) is 25.2. The Hall–Kier alpha value is -0.790. The highest BCUT2D eigenvalue weighted by Gasteiger charge is 2.03. The van der Waals surface area contributed by atoms with Gasteiger partial charge in [0.05, 0.1) is 6.61 Å². The van der Waals surface area contributed by atoms with Crippen LogP contribution in [0.1, 0.15) is 284 Å². The fourth-order valence-electron chi connectivity index (χ4n) is 7.48. The molecule has 0 rings (SSSR count). The monoisotopic (exact) mass is 717 g/mol. The molecule has 0 heterocycles. The molecular formula is C49H96O2. The van der Waals surface area contributed by atoms with Crippen molar-refractivity contribution in [1.82, 2.24) is 0 Å². The van der Waals surface area contributed by atoms with E-state index < -0.39 is 0 Å². The van der Waals surface area contributed by atoms with Crippen molar-refractivity contribution in [3.8, 4) is 0 Å². The van der Waals surface area contributed by atoms with Gasteiger partial charge in [0.15, 0.2) is 0 Å². The van der Waals surface area contributed by atoms with Crippen LogP contribution in [0.4, 0.5) is 0 Å². The second-order valence-corrected chi connectivity index (χ2v) is 16.9. The Morgan fingerprint density at radius 1 is 0.392 bits per heavy atom. The third-order valence-corrected chi connectivity index (χ3v) is 11.1. The van der Waals surface area contributed by atoms with Crippen LogP contribution in [0.15, 0.2) is 12.2 Å². The lowest BCUT2D eigenvalue weighted by atomic mass is 10.0. The SMILES string of the molecule is CCCC/C=C\CCCCCCCC(=O)OCCCCCCCCCCCCCCCCCCCCCCCCCCCCCCCCC(C)C. The molecule has 0 saturated heterocycles. The Balaban J connectivity index is 3.13. The third-order valence-electron chi connectivity index (χ3n) is 11.1. The number of esters is 1. The van der Waals surface area contributed by atoms with Crippen LogP contribution in [0.5, 0.6) is 0 Å². The van der Waals surface area contributed by atoms with E-state index in [1.807, 2.05) is 0 Å². The maximum absolute atomic E-state index is 11.9. The fourth-order valence-corrected chi connectivity index (χ4v) is 7.48. The van der Waals surface area contributed by atoms with Crippen LogP contribution in [0, 0.1) is 5.92 Å². The Morgan fingerprint density at radius 2 is 0.686 bits per heavy atom. The van der Waals surface area contributed by atoms with Crippen LogP contribution >= 0.6 is 0 Å². The molecule has 0 N–H and O–H groups in total. The maximum atomic E-state index is 11.9. The average molecular weight is 717 g/mol.